The van der Waals surface area contributed by atoms with Crippen LogP contribution >= 0.6 is 11.3 Å². The van der Waals surface area contributed by atoms with Crippen molar-refractivity contribution >= 4 is 11.3 Å². The third-order valence-corrected chi connectivity index (χ3v) is 5.45. The topological polar surface area (TPSA) is 15.3 Å². The van der Waals surface area contributed by atoms with E-state index in [9.17, 15) is 0 Å². The molecule has 0 spiro atoms. The molecule has 1 aromatic heterocycles. The maximum absolute atomic E-state index is 3.63. The molecule has 0 saturated heterocycles. The highest BCUT2D eigenvalue weighted by atomic mass is 32.1. The molecule has 112 valence electrons. The van der Waals surface area contributed by atoms with E-state index in [4.69, 9.17) is 0 Å². The molecule has 0 unspecified atom stereocenters. The molecule has 3 rings (SSSR count). The maximum atomic E-state index is 3.63. The summed E-state index contributed by atoms with van der Waals surface area (Å²) in [6.07, 6.45) is 6.94. The van der Waals surface area contributed by atoms with Crippen molar-refractivity contribution in [1.82, 2.24) is 10.2 Å². The van der Waals surface area contributed by atoms with E-state index in [1.54, 1.807) is 5.56 Å². The van der Waals surface area contributed by atoms with Gasteiger partial charge in [-0.05, 0) is 63.1 Å². The summed E-state index contributed by atoms with van der Waals surface area (Å²) in [6, 6.07) is 3.26. The predicted molar refractivity (Wildman–Crippen MR) is 87.2 cm³/mol. The summed E-state index contributed by atoms with van der Waals surface area (Å²) in [7, 11) is 0. The summed E-state index contributed by atoms with van der Waals surface area (Å²) in [5.74, 6) is 0.997. The van der Waals surface area contributed by atoms with Crippen LogP contribution in [0.4, 0.5) is 0 Å². The predicted octanol–water partition coefficient (Wildman–Crippen LogP) is 3.93. The first-order valence-corrected chi connectivity index (χ1v) is 9.10. The molecule has 3 heteroatoms. The largest absolute Gasteiger partial charge is 0.309 e. The molecule has 2 aliphatic rings. The summed E-state index contributed by atoms with van der Waals surface area (Å²) in [5.41, 5.74) is 1.57. The fourth-order valence-corrected chi connectivity index (χ4v) is 3.83. The number of rotatable bonds is 9. The van der Waals surface area contributed by atoms with Gasteiger partial charge in [0, 0.05) is 35.4 Å². The van der Waals surface area contributed by atoms with E-state index < -0.39 is 0 Å². The number of aryl methyl sites for hydroxylation is 1. The Kier molecular flexibility index (Phi) is 4.79. The highest BCUT2D eigenvalue weighted by molar-refractivity contribution is 7.12. The fraction of sp³-hybridized carbons (Fsp3) is 0.765. The second-order valence-electron chi connectivity index (χ2n) is 6.63. The van der Waals surface area contributed by atoms with E-state index in [0.717, 1.165) is 25.0 Å². The van der Waals surface area contributed by atoms with E-state index in [1.807, 2.05) is 11.3 Å². The van der Waals surface area contributed by atoms with Crippen LogP contribution in [0, 0.1) is 12.8 Å². The van der Waals surface area contributed by atoms with Gasteiger partial charge in [-0.25, -0.2) is 0 Å². The minimum absolute atomic E-state index is 0.812. The Hall–Kier alpha value is -0.380. The zero-order chi connectivity index (χ0) is 13.9. The van der Waals surface area contributed by atoms with Gasteiger partial charge in [-0.2, -0.15) is 0 Å². The molecule has 0 atom stereocenters. The van der Waals surface area contributed by atoms with Crippen LogP contribution in [-0.2, 0) is 13.1 Å². The lowest BCUT2D eigenvalue weighted by Crippen LogP contribution is -2.26. The SMILES string of the molecule is CCCN(Cc1cc(CNC2CC2)sc1C)CC1CC1. The van der Waals surface area contributed by atoms with Crippen molar-refractivity contribution < 1.29 is 0 Å². The van der Waals surface area contributed by atoms with Gasteiger partial charge in [0.1, 0.15) is 0 Å². The highest BCUT2D eigenvalue weighted by Crippen LogP contribution is 2.31. The van der Waals surface area contributed by atoms with Crippen LogP contribution in [0.2, 0.25) is 0 Å². The first-order valence-electron chi connectivity index (χ1n) is 8.28. The average molecular weight is 292 g/mol. The molecule has 0 bridgehead atoms. The Balaban J connectivity index is 1.55. The van der Waals surface area contributed by atoms with Crippen molar-refractivity contribution in [2.45, 2.75) is 65.1 Å². The molecule has 0 aromatic carbocycles. The smallest absolute Gasteiger partial charge is 0.0302 e. The van der Waals surface area contributed by atoms with Crippen molar-refractivity contribution in [2.75, 3.05) is 13.1 Å². The third kappa shape index (κ3) is 4.31. The van der Waals surface area contributed by atoms with Gasteiger partial charge in [-0.1, -0.05) is 6.92 Å². The molecular weight excluding hydrogens is 264 g/mol. The van der Waals surface area contributed by atoms with Gasteiger partial charge in [0.2, 0.25) is 0 Å². The molecule has 1 N–H and O–H groups in total. The zero-order valence-corrected chi connectivity index (χ0v) is 13.8. The third-order valence-electron chi connectivity index (χ3n) is 4.36. The van der Waals surface area contributed by atoms with E-state index >= 15 is 0 Å². The van der Waals surface area contributed by atoms with Crippen LogP contribution in [-0.4, -0.2) is 24.0 Å². The molecule has 2 fully saturated rings. The van der Waals surface area contributed by atoms with E-state index in [1.165, 1.54) is 54.9 Å². The summed E-state index contributed by atoms with van der Waals surface area (Å²) in [4.78, 5) is 5.71. The molecule has 20 heavy (non-hydrogen) atoms. The van der Waals surface area contributed by atoms with Crippen molar-refractivity contribution in [2.24, 2.45) is 5.92 Å². The Morgan fingerprint density at radius 2 is 2.10 bits per heavy atom. The quantitative estimate of drug-likeness (QED) is 0.742. The van der Waals surface area contributed by atoms with E-state index in [0.29, 0.717) is 0 Å². The van der Waals surface area contributed by atoms with E-state index in [2.05, 4.69) is 30.1 Å². The second kappa shape index (κ2) is 6.59. The van der Waals surface area contributed by atoms with Crippen LogP contribution < -0.4 is 5.32 Å². The van der Waals surface area contributed by atoms with Gasteiger partial charge in [0.05, 0.1) is 0 Å². The molecule has 2 saturated carbocycles. The minimum atomic E-state index is 0.812. The Bertz CT molecular complexity index is 432. The molecule has 2 aliphatic carbocycles. The van der Waals surface area contributed by atoms with Crippen LogP contribution in [0.1, 0.15) is 54.3 Å². The van der Waals surface area contributed by atoms with Crippen LogP contribution in [0.25, 0.3) is 0 Å². The fourth-order valence-electron chi connectivity index (χ4n) is 2.82. The average Bonchev–Trinajstić information content (AvgIpc) is 3.31. The van der Waals surface area contributed by atoms with Gasteiger partial charge in [0.15, 0.2) is 0 Å². The van der Waals surface area contributed by atoms with Gasteiger partial charge in [0.25, 0.3) is 0 Å². The van der Waals surface area contributed by atoms with E-state index in [-0.39, 0.29) is 0 Å². The summed E-state index contributed by atoms with van der Waals surface area (Å²) in [6.45, 7) is 9.40. The summed E-state index contributed by atoms with van der Waals surface area (Å²) < 4.78 is 0. The van der Waals surface area contributed by atoms with Gasteiger partial charge < -0.3 is 5.32 Å². The molecule has 0 aliphatic heterocycles. The Morgan fingerprint density at radius 3 is 2.75 bits per heavy atom. The standard InChI is InChI=1S/C17H28N2S/c1-3-8-19(11-14-4-5-14)12-15-9-17(20-13(15)2)10-18-16-6-7-16/h9,14,16,18H,3-8,10-12H2,1-2H3. The Morgan fingerprint density at radius 1 is 1.30 bits per heavy atom. The van der Waals surface area contributed by atoms with Crippen LogP contribution in [0.3, 0.4) is 0 Å². The molecule has 1 aromatic rings. The van der Waals surface area contributed by atoms with Crippen molar-refractivity contribution in [3.05, 3.63) is 21.4 Å². The van der Waals surface area contributed by atoms with Gasteiger partial charge in [-0.3, -0.25) is 4.90 Å². The number of nitrogens with one attached hydrogen (secondary N) is 1. The number of nitrogens with zero attached hydrogens (tertiary/aromatic N) is 1. The second-order valence-corrected chi connectivity index (χ2v) is 7.97. The zero-order valence-electron chi connectivity index (χ0n) is 13.0. The summed E-state index contributed by atoms with van der Waals surface area (Å²) >= 11 is 1.99. The monoisotopic (exact) mass is 292 g/mol. The lowest BCUT2D eigenvalue weighted by Gasteiger charge is -2.21. The summed E-state index contributed by atoms with van der Waals surface area (Å²) in [5, 5.41) is 3.63. The lowest BCUT2D eigenvalue weighted by molar-refractivity contribution is 0.255. The van der Waals surface area contributed by atoms with Crippen molar-refractivity contribution in [3.63, 3.8) is 0 Å². The molecular formula is C17H28N2S. The Labute approximate surface area is 127 Å². The van der Waals surface area contributed by atoms with Crippen molar-refractivity contribution in [3.8, 4) is 0 Å². The van der Waals surface area contributed by atoms with Crippen LogP contribution in [0.5, 0.6) is 0 Å². The highest BCUT2D eigenvalue weighted by Gasteiger charge is 2.24. The maximum Gasteiger partial charge on any atom is 0.0302 e. The number of thiophene rings is 1. The minimum Gasteiger partial charge on any atom is -0.309 e. The van der Waals surface area contributed by atoms with Crippen molar-refractivity contribution in [1.29, 1.82) is 0 Å². The molecule has 1 heterocycles. The molecule has 0 amide bonds. The number of hydrogen-bond acceptors (Lipinski definition) is 3. The van der Waals surface area contributed by atoms with Gasteiger partial charge >= 0.3 is 0 Å². The first-order chi connectivity index (χ1) is 9.74. The molecule has 0 radical (unpaired) electrons. The lowest BCUT2D eigenvalue weighted by atomic mass is 10.2. The number of hydrogen-bond donors (Lipinski definition) is 1. The molecule has 2 nitrogen and oxygen atoms in total. The van der Waals surface area contributed by atoms with Gasteiger partial charge in [-0.15, -0.1) is 11.3 Å². The van der Waals surface area contributed by atoms with Crippen LogP contribution in [0.15, 0.2) is 6.07 Å². The normalized spacial score (nSPS) is 18.9. The first kappa shape index (κ1) is 14.6.